The highest BCUT2D eigenvalue weighted by Gasteiger charge is 2.07. The molecule has 0 saturated carbocycles. The predicted molar refractivity (Wildman–Crippen MR) is 123 cm³/mol. The average molecular weight is 418 g/mol. The largest absolute Gasteiger partial charge is 0.507 e. The van der Waals surface area contributed by atoms with Gasteiger partial charge in [0.25, 0.3) is 0 Å². The first-order valence-corrected chi connectivity index (χ1v) is 9.63. The van der Waals surface area contributed by atoms with Gasteiger partial charge in [0.1, 0.15) is 5.75 Å². The third-order valence-electron chi connectivity index (χ3n) is 4.59. The lowest BCUT2D eigenvalue weighted by Crippen LogP contribution is -2.17. The molecule has 6 heteroatoms. The van der Waals surface area contributed by atoms with E-state index >= 15 is 0 Å². The van der Waals surface area contributed by atoms with Gasteiger partial charge in [0, 0.05) is 24.0 Å². The topological polar surface area (TPSA) is 91.6 Å². The number of amides is 2. The number of aromatic hydroxyl groups is 1. The van der Waals surface area contributed by atoms with Crippen LogP contribution in [0.4, 0.5) is 4.79 Å². The van der Waals surface area contributed by atoms with Gasteiger partial charge in [0.15, 0.2) is 0 Å². The lowest BCUT2D eigenvalue weighted by atomic mass is 10.0. The van der Waals surface area contributed by atoms with E-state index in [1.165, 1.54) is 10.9 Å². The quantitative estimate of drug-likeness (QED) is 0.492. The SMILES string of the molecule is C=C(c1ccc(C)cc1)c1cccn1C/C=C/c1cccc(C)c1O.O=CNC(=O)O. The molecule has 0 aliphatic carbocycles. The van der Waals surface area contributed by atoms with Gasteiger partial charge < -0.3 is 14.8 Å². The molecule has 0 aliphatic heterocycles. The van der Waals surface area contributed by atoms with Crippen molar-refractivity contribution in [3.63, 3.8) is 0 Å². The van der Waals surface area contributed by atoms with Crippen molar-refractivity contribution in [1.82, 2.24) is 9.88 Å². The van der Waals surface area contributed by atoms with Crippen molar-refractivity contribution in [2.45, 2.75) is 20.4 Å². The van der Waals surface area contributed by atoms with Gasteiger partial charge in [-0.25, -0.2) is 4.79 Å². The Labute approximate surface area is 181 Å². The number of nitrogens with one attached hydrogen (secondary N) is 1. The molecule has 1 heterocycles. The van der Waals surface area contributed by atoms with Crippen LogP contribution in [0.15, 0.2) is 73.4 Å². The predicted octanol–water partition coefficient (Wildman–Crippen LogP) is 5.00. The van der Waals surface area contributed by atoms with Crippen molar-refractivity contribution in [1.29, 1.82) is 0 Å². The van der Waals surface area contributed by atoms with Crippen LogP contribution in [0.25, 0.3) is 11.6 Å². The van der Waals surface area contributed by atoms with E-state index in [0.717, 1.165) is 34.5 Å². The summed E-state index contributed by atoms with van der Waals surface area (Å²) in [6.07, 6.45) is 4.84. The smallest absolute Gasteiger partial charge is 0.411 e. The van der Waals surface area contributed by atoms with Gasteiger partial charge in [0.05, 0.1) is 0 Å². The second-order valence-corrected chi connectivity index (χ2v) is 6.87. The molecule has 160 valence electrons. The summed E-state index contributed by atoms with van der Waals surface area (Å²) in [6.45, 7) is 8.98. The van der Waals surface area contributed by atoms with Crippen LogP contribution in [0.3, 0.4) is 0 Å². The number of phenolic OH excluding ortho intramolecular Hbond substituents is 1. The number of carbonyl (C=O) groups is 2. The molecule has 0 radical (unpaired) electrons. The fraction of sp³-hybridized carbons (Fsp3) is 0.120. The Morgan fingerprint density at radius 2 is 1.81 bits per heavy atom. The molecule has 3 aromatic rings. The normalized spacial score (nSPS) is 10.3. The molecule has 0 bridgehead atoms. The fourth-order valence-corrected chi connectivity index (χ4v) is 2.91. The van der Waals surface area contributed by atoms with E-state index in [2.05, 4.69) is 60.7 Å². The summed E-state index contributed by atoms with van der Waals surface area (Å²) in [5.41, 5.74) is 6.21. The Morgan fingerprint density at radius 1 is 1.10 bits per heavy atom. The Morgan fingerprint density at radius 3 is 2.42 bits per heavy atom. The zero-order chi connectivity index (χ0) is 22.8. The second kappa shape index (κ2) is 11.2. The second-order valence-electron chi connectivity index (χ2n) is 6.87. The molecule has 6 nitrogen and oxygen atoms in total. The van der Waals surface area contributed by atoms with Gasteiger partial charge in [-0.05, 0) is 42.7 Å². The highest BCUT2D eigenvalue weighted by molar-refractivity contribution is 5.78. The number of phenols is 1. The average Bonchev–Trinajstić information content (AvgIpc) is 3.20. The van der Waals surface area contributed by atoms with E-state index in [1.807, 2.05) is 37.3 Å². The van der Waals surface area contributed by atoms with Crippen LogP contribution in [0.1, 0.15) is 27.9 Å². The zero-order valence-electron chi connectivity index (χ0n) is 17.6. The van der Waals surface area contributed by atoms with Crippen molar-refractivity contribution < 1.29 is 19.8 Å². The first-order valence-electron chi connectivity index (χ1n) is 9.63. The summed E-state index contributed by atoms with van der Waals surface area (Å²) >= 11 is 0. The van der Waals surface area contributed by atoms with Gasteiger partial charge in [-0.15, -0.1) is 0 Å². The van der Waals surface area contributed by atoms with Crippen LogP contribution in [0, 0.1) is 13.8 Å². The van der Waals surface area contributed by atoms with Crippen LogP contribution in [-0.2, 0) is 11.3 Å². The molecule has 3 N–H and O–H groups in total. The molecule has 0 spiro atoms. The van der Waals surface area contributed by atoms with Crippen molar-refractivity contribution in [3.05, 3.63) is 101 Å². The van der Waals surface area contributed by atoms with E-state index in [9.17, 15) is 9.90 Å². The number of allylic oxidation sites excluding steroid dienone is 1. The number of carboxylic acid groups (broad SMARTS) is 1. The van der Waals surface area contributed by atoms with Crippen LogP contribution in [-0.4, -0.2) is 27.3 Å². The van der Waals surface area contributed by atoms with Crippen LogP contribution in [0.5, 0.6) is 5.75 Å². The number of aromatic nitrogens is 1. The Kier molecular flexibility index (Phi) is 8.40. The maximum Gasteiger partial charge on any atom is 0.411 e. The molecular formula is C25H26N2O4. The molecule has 31 heavy (non-hydrogen) atoms. The van der Waals surface area contributed by atoms with Gasteiger partial charge in [-0.1, -0.05) is 66.8 Å². The Balaban J connectivity index is 0.000000501. The maximum absolute atomic E-state index is 10.1. The van der Waals surface area contributed by atoms with Crippen LogP contribution in [0.2, 0.25) is 0 Å². The molecule has 2 aromatic carbocycles. The molecule has 0 atom stereocenters. The molecule has 1 aromatic heterocycles. The van der Waals surface area contributed by atoms with E-state index in [0.29, 0.717) is 5.75 Å². The monoisotopic (exact) mass is 418 g/mol. The number of rotatable bonds is 6. The molecule has 0 saturated heterocycles. The van der Waals surface area contributed by atoms with Crippen molar-refractivity contribution in [3.8, 4) is 5.75 Å². The number of hydrogen-bond donors (Lipinski definition) is 3. The van der Waals surface area contributed by atoms with E-state index in [4.69, 9.17) is 9.90 Å². The standard InChI is InChI=1S/C23H23NO.C2H3NO3/c1-17-11-13-20(14-12-17)19(3)22-10-6-16-24(22)15-5-9-21-8-4-7-18(2)23(21)25;4-1-3-2(5)6/h4-14,16,25H,3,15H2,1-2H3;1H,(H,3,4)(H,5,6)/b9-5+;. The van der Waals surface area contributed by atoms with Crippen LogP contribution >= 0.6 is 0 Å². The first-order chi connectivity index (χ1) is 14.8. The summed E-state index contributed by atoms with van der Waals surface area (Å²) in [5.74, 6) is 0.343. The lowest BCUT2D eigenvalue weighted by molar-refractivity contribution is -0.108. The van der Waals surface area contributed by atoms with Crippen molar-refractivity contribution in [2.75, 3.05) is 0 Å². The fourth-order valence-electron chi connectivity index (χ4n) is 2.91. The van der Waals surface area contributed by atoms with Crippen LogP contribution < -0.4 is 5.32 Å². The number of para-hydroxylation sites is 1. The first kappa shape index (κ1) is 23.2. The lowest BCUT2D eigenvalue weighted by Gasteiger charge is -2.10. The van der Waals surface area contributed by atoms with E-state index in [1.54, 1.807) is 0 Å². The summed E-state index contributed by atoms with van der Waals surface area (Å²) in [4.78, 5) is 18.4. The minimum atomic E-state index is -1.33. The van der Waals surface area contributed by atoms with Crippen molar-refractivity contribution >= 4 is 24.2 Å². The number of hydrogen-bond acceptors (Lipinski definition) is 3. The summed E-state index contributed by atoms with van der Waals surface area (Å²) in [7, 11) is 0. The number of nitrogens with zero attached hydrogens (tertiary/aromatic N) is 1. The molecular weight excluding hydrogens is 392 g/mol. The van der Waals surface area contributed by atoms with Crippen molar-refractivity contribution in [2.24, 2.45) is 0 Å². The highest BCUT2D eigenvalue weighted by Crippen LogP contribution is 2.24. The number of imide groups is 1. The number of aryl methyl sites for hydroxylation is 2. The molecule has 2 amide bonds. The summed E-state index contributed by atoms with van der Waals surface area (Å²) in [5, 5.41) is 19.1. The third-order valence-corrected chi connectivity index (χ3v) is 4.59. The molecule has 0 fully saturated rings. The molecule has 3 rings (SSSR count). The highest BCUT2D eigenvalue weighted by atomic mass is 16.4. The number of benzene rings is 2. The van der Waals surface area contributed by atoms with Gasteiger partial charge in [0.2, 0.25) is 6.41 Å². The molecule has 0 unspecified atom stereocenters. The van der Waals surface area contributed by atoms with E-state index < -0.39 is 6.09 Å². The third kappa shape index (κ3) is 6.75. The minimum absolute atomic E-state index is 0.0995. The zero-order valence-corrected chi connectivity index (χ0v) is 17.6. The number of carbonyl (C=O) groups excluding carboxylic acids is 1. The van der Waals surface area contributed by atoms with Gasteiger partial charge >= 0.3 is 6.09 Å². The van der Waals surface area contributed by atoms with Gasteiger partial charge in [-0.2, -0.15) is 0 Å². The van der Waals surface area contributed by atoms with Gasteiger partial charge in [-0.3, -0.25) is 10.1 Å². The summed E-state index contributed by atoms with van der Waals surface area (Å²) in [6, 6.07) is 18.3. The maximum atomic E-state index is 10.1. The Hall–Kier alpha value is -4.06. The molecule has 0 aliphatic rings. The Bertz CT molecular complexity index is 1080. The van der Waals surface area contributed by atoms with E-state index in [-0.39, 0.29) is 6.41 Å². The minimum Gasteiger partial charge on any atom is -0.507 e. The summed E-state index contributed by atoms with van der Waals surface area (Å²) < 4.78 is 2.16.